The summed E-state index contributed by atoms with van der Waals surface area (Å²) in [6.07, 6.45) is 1.28. The molecule has 1 atom stereocenters. The van der Waals surface area contributed by atoms with Crippen LogP contribution in [0.5, 0.6) is 0 Å². The van der Waals surface area contributed by atoms with E-state index in [-0.39, 0.29) is 11.3 Å². The van der Waals surface area contributed by atoms with Crippen molar-refractivity contribution in [1.29, 1.82) is 0 Å². The molecule has 3 aromatic rings. The van der Waals surface area contributed by atoms with Gasteiger partial charge in [-0.3, -0.25) is 4.79 Å². The summed E-state index contributed by atoms with van der Waals surface area (Å²) in [5.41, 5.74) is 1.71. The molecule has 0 spiro atoms. The number of Topliss-reactive ketones (excluding diaryl/α,β-unsaturated/α-hetero) is 1. The summed E-state index contributed by atoms with van der Waals surface area (Å²) >= 11 is 0. The molecule has 3 rings (SSSR count). The number of benzene rings is 1. The SMILES string of the molecule is CCc1ccc(C(=O)C(C)OC(=O)c2ccc3n[nH]c(=O)n3c2)cc1. The smallest absolute Gasteiger partial charge is 0.347 e. The molecule has 1 N–H and O–H groups in total. The molecule has 1 aromatic carbocycles. The van der Waals surface area contributed by atoms with Gasteiger partial charge < -0.3 is 4.74 Å². The van der Waals surface area contributed by atoms with E-state index in [9.17, 15) is 14.4 Å². The maximum absolute atomic E-state index is 12.4. The molecule has 7 nitrogen and oxygen atoms in total. The van der Waals surface area contributed by atoms with Crippen LogP contribution in [0.2, 0.25) is 0 Å². The van der Waals surface area contributed by atoms with Gasteiger partial charge in [0.15, 0.2) is 11.8 Å². The molecule has 0 fully saturated rings. The van der Waals surface area contributed by atoms with Gasteiger partial charge in [-0.15, -0.1) is 0 Å². The second-order valence-corrected chi connectivity index (χ2v) is 5.64. The molecule has 128 valence electrons. The number of carbonyl (C=O) groups excluding carboxylic acids is 2. The Hall–Kier alpha value is -3.22. The van der Waals surface area contributed by atoms with Gasteiger partial charge in [0.1, 0.15) is 0 Å². The number of H-pyrrole nitrogens is 1. The lowest BCUT2D eigenvalue weighted by Gasteiger charge is -2.12. The molecular formula is C18H17N3O4. The number of pyridine rings is 1. The van der Waals surface area contributed by atoms with Gasteiger partial charge in [0.2, 0.25) is 5.78 Å². The Morgan fingerprint density at radius 3 is 2.52 bits per heavy atom. The molecule has 0 saturated heterocycles. The molecule has 1 unspecified atom stereocenters. The average molecular weight is 339 g/mol. The Balaban J connectivity index is 1.74. The molecule has 0 aliphatic rings. The number of rotatable bonds is 5. The van der Waals surface area contributed by atoms with E-state index in [1.165, 1.54) is 29.7 Å². The van der Waals surface area contributed by atoms with E-state index in [2.05, 4.69) is 10.2 Å². The fraction of sp³-hybridized carbons (Fsp3) is 0.222. The van der Waals surface area contributed by atoms with Gasteiger partial charge in [-0.05, 0) is 31.0 Å². The zero-order valence-electron chi connectivity index (χ0n) is 13.9. The average Bonchev–Trinajstić information content (AvgIpc) is 3.01. The van der Waals surface area contributed by atoms with E-state index < -0.39 is 17.8 Å². The summed E-state index contributed by atoms with van der Waals surface area (Å²) in [7, 11) is 0. The number of hydrogen-bond acceptors (Lipinski definition) is 5. The number of hydrogen-bond donors (Lipinski definition) is 1. The molecule has 7 heteroatoms. The normalized spacial score (nSPS) is 12.1. The lowest BCUT2D eigenvalue weighted by molar-refractivity contribution is 0.0318. The number of aryl methyl sites for hydroxylation is 1. The lowest BCUT2D eigenvalue weighted by atomic mass is 10.0. The van der Waals surface area contributed by atoms with Crippen molar-refractivity contribution in [2.75, 3.05) is 0 Å². The van der Waals surface area contributed by atoms with Crippen molar-refractivity contribution in [3.8, 4) is 0 Å². The molecule has 0 bridgehead atoms. The van der Waals surface area contributed by atoms with Gasteiger partial charge in [-0.1, -0.05) is 31.2 Å². The van der Waals surface area contributed by atoms with Crippen LogP contribution < -0.4 is 5.69 Å². The highest BCUT2D eigenvalue weighted by Crippen LogP contribution is 2.12. The van der Waals surface area contributed by atoms with Crippen LogP contribution in [0.25, 0.3) is 5.65 Å². The van der Waals surface area contributed by atoms with Gasteiger partial charge >= 0.3 is 11.7 Å². The molecule has 0 aliphatic heterocycles. The number of carbonyl (C=O) groups is 2. The van der Waals surface area contributed by atoms with Crippen LogP contribution >= 0.6 is 0 Å². The predicted molar refractivity (Wildman–Crippen MR) is 90.8 cm³/mol. The first-order chi connectivity index (χ1) is 12.0. The minimum atomic E-state index is -0.934. The van der Waals surface area contributed by atoms with Crippen LogP contribution in [-0.4, -0.2) is 32.5 Å². The van der Waals surface area contributed by atoms with E-state index in [1.54, 1.807) is 12.1 Å². The maximum atomic E-state index is 12.4. The lowest BCUT2D eigenvalue weighted by Crippen LogP contribution is -2.24. The summed E-state index contributed by atoms with van der Waals surface area (Å²) in [4.78, 5) is 36.2. The fourth-order valence-electron chi connectivity index (χ4n) is 2.45. The number of nitrogens with one attached hydrogen (secondary N) is 1. The Kier molecular flexibility index (Phi) is 4.47. The highest BCUT2D eigenvalue weighted by Gasteiger charge is 2.21. The summed E-state index contributed by atoms with van der Waals surface area (Å²) in [6, 6.07) is 10.2. The number of nitrogens with zero attached hydrogens (tertiary/aromatic N) is 2. The van der Waals surface area contributed by atoms with Gasteiger partial charge in [0.05, 0.1) is 5.56 Å². The number of aromatic amines is 1. The maximum Gasteiger partial charge on any atom is 0.347 e. The summed E-state index contributed by atoms with van der Waals surface area (Å²) in [5, 5.41) is 6.06. The summed E-state index contributed by atoms with van der Waals surface area (Å²) in [6.45, 7) is 3.56. The molecule has 2 heterocycles. The van der Waals surface area contributed by atoms with Crippen LogP contribution in [0.1, 0.15) is 40.1 Å². The summed E-state index contributed by atoms with van der Waals surface area (Å²) < 4.78 is 6.44. The van der Waals surface area contributed by atoms with E-state index >= 15 is 0 Å². The predicted octanol–water partition coefficient (Wildman–Crippen LogP) is 2.01. The Morgan fingerprint density at radius 2 is 1.84 bits per heavy atom. The van der Waals surface area contributed by atoms with Gasteiger partial charge in [0.25, 0.3) is 0 Å². The first-order valence-corrected chi connectivity index (χ1v) is 7.90. The molecule has 0 amide bonds. The molecule has 0 radical (unpaired) electrons. The topological polar surface area (TPSA) is 93.5 Å². The Labute approximate surface area is 143 Å². The summed E-state index contributed by atoms with van der Waals surface area (Å²) in [5.74, 6) is -0.960. The number of ketones is 1. The zero-order chi connectivity index (χ0) is 18.0. The third kappa shape index (κ3) is 3.35. The number of esters is 1. The van der Waals surface area contributed by atoms with Gasteiger partial charge in [-0.2, -0.15) is 5.10 Å². The van der Waals surface area contributed by atoms with Crippen LogP contribution in [-0.2, 0) is 11.2 Å². The monoisotopic (exact) mass is 339 g/mol. The number of fused-ring (bicyclic) bond motifs is 1. The Morgan fingerprint density at radius 1 is 1.16 bits per heavy atom. The van der Waals surface area contributed by atoms with Crippen molar-refractivity contribution < 1.29 is 14.3 Å². The molecule has 2 aromatic heterocycles. The highest BCUT2D eigenvalue weighted by atomic mass is 16.5. The van der Waals surface area contributed by atoms with Crippen molar-refractivity contribution in [3.05, 3.63) is 69.8 Å². The van der Waals surface area contributed by atoms with Crippen LogP contribution in [0.15, 0.2) is 47.4 Å². The third-order valence-corrected chi connectivity index (χ3v) is 3.95. The van der Waals surface area contributed by atoms with E-state index in [0.717, 1.165) is 12.0 Å². The zero-order valence-corrected chi connectivity index (χ0v) is 13.9. The first-order valence-electron chi connectivity index (χ1n) is 7.90. The van der Waals surface area contributed by atoms with Crippen molar-refractivity contribution in [1.82, 2.24) is 14.6 Å². The second-order valence-electron chi connectivity index (χ2n) is 5.64. The minimum Gasteiger partial charge on any atom is -0.451 e. The molecule has 0 saturated carbocycles. The second kappa shape index (κ2) is 6.72. The highest BCUT2D eigenvalue weighted by molar-refractivity contribution is 6.01. The van der Waals surface area contributed by atoms with Crippen molar-refractivity contribution in [2.24, 2.45) is 0 Å². The largest absolute Gasteiger partial charge is 0.451 e. The quantitative estimate of drug-likeness (QED) is 0.567. The minimum absolute atomic E-state index is 0.164. The fourth-order valence-corrected chi connectivity index (χ4v) is 2.45. The van der Waals surface area contributed by atoms with Crippen molar-refractivity contribution >= 4 is 17.4 Å². The van der Waals surface area contributed by atoms with Crippen LogP contribution in [0.4, 0.5) is 0 Å². The van der Waals surface area contributed by atoms with Crippen LogP contribution in [0, 0.1) is 0 Å². The number of ether oxygens (including phenoxy) is 1. The Bertz CT molecular complexity index is 985. The number of aromatic nitrogens is 3. The van der Waals surface area contributed by atoms with Crippen LogP contribution in [0.3, 0.4) is 0 Å². The molecule has 25 heavy (non-hydrogen) atoms. The van der Waals surface area contributed by atoms with Crippen molar-refractivity contribution in [3.63, 3.8) is 0 Å². The van der Waals surface area contributed by atoms with Gasteiger partial charge in [-0.25, -0.2) is 19.1 Å². The van der Waals surface area contributed by atoms with Gasteiger partial charge in [0, 0.05) is 11.8 Å². The van der Waals surface area contributed by atoms with E-state index in [0.29, 0.717) is 11.2 Å². The van der Waals surface area contributed by atoms with E-state index in [4.69, 9.17) is 4.74 Å². The van der Waals surface area contributed by atoms with E-state index in [1.807, 2.05) is 19.1 Å². The molecule has 0 aliphatic carbocycles. The third-order valence-electron chi connectivity index (χ3n) is 3.95. The standard InChI is InChI=1S/C18H17N3O4/c1-3-12-4-6-13(7-5-12)16(22)11(2)25-17(23)14-8-9-15-19-20-18(24)21(15)10-14/h4-11H,3H2,1-2H3,(H,20,24). The molecular weight excluding hydrogens is 322 g/mol. The first kappa shape index (κ1) is 16.6. The van der Waals surface area contributed by atoms with Crippen molar-refractivity contribution in [2.45, 2.75) is 26.4 Å².